The van der Waals surface area contributed by atoms with Crippen LogP contribution < -0.4 is 20.3 Å². The summed E-state index contributed by atoms with van der Waals surface area (Å²) in [6.45, 7) is 1.67. The van der Waals surface area contributed by atoms with Crippen LogP contribution in [-0.4, -0.2) is 39.9 Å². The Balaban J connectivity index is 1.49. The molecule has 2 aromatic carbocycles. The number of hydrogen-bond acceptors (Lipinski definition) is 6. The van der Waals surface area contributed by atoms with Crippen LogP contribution >= 0.6 is 11.6 Å². The number of alkyl halides is 3. The molecule has 2 aromatic rings. The van der Waals surface area contributed by atoms with Crippen LogP contribution in [0.3, 0.4) is 0 Å². The zero-order valence-corrected chi connectivity index (χ0v) is 20.1. The highest BCUT2D eigenvalue weighted by molar-refractivity contribution is 7.93. The van der Waals surface area contributed by atoms with Gasteiger partial charge in [0.25, 0.3) is 5.91 Å². The normalized spacial score (nSPS) is 22.6. The molecule has 1 spiro atoms. The lowest BCUT2D eigenvalue weighted by atomic mass is 9.77. The molecule has 35 heavy (non-hydrogen) atoms. The van der Waals surface area contributed by atoms with Crippen molar-refractivity contribution >= 4 is 28.7 Å². The van der Waals surface area contributed by atoms with Gasteiger partial charge in [-0.25, -0.2) is 5.48 Å². The number of piperidine rings is 1. The van der Waals surface area contributed by atoms with E-state index >= 15 is 0 Å². The predicted octanol–water partition coefficient (Wildman–Crippen LogP) is 4.94. The molecule has 0 aromatic heterocycles. The summed E-state index contributed by atoms with van der Waals surface area (Å²) in [5.41, 5.74) is 1.64. The monoisotopic (exact) mass is 532 g/mol. The maximum absolute atomic E-state index is 13.6. The number of carbonyl (C=O) groups is 1. The van der Waals surface area contributed by atoms with Crippen LogP contribution in [0.15, 0.2) is 47.4 Å². The molecule has 0 radical (unpaired) electrons. The van der Waals surface area contributed by atoms with Crippen LogP contribution in [0.1, 0.15) is 32.1 Å². The maximum atomic E-state index is 13.6. The molecule has 0 bridgehead atoms. The van der Waals surface area contributed by atoms with E-state index in [1.807, 2.05) is 0 Å². The molecule has 1 aliphatic heterocycles. The quantitative estimate of drug-likeness (QED) is 0.277. The minimum Gasteiger partial charge on any atom is -0.611 e. The molecule has 1 saturated carbocycles. The standard InChI is InChI=1S/C23H24ClF3N2O5S/c24-18-13-16(3-6-19(18)34-23(25,26)27)33-15-1-4-17(5-2-15)35(32)22(20(30)29-31)8-7-21(14-22)9-11-28-12-10-21/h1-6,13,28,31H,7-12,14H2,(H,29,30). The first-order chi connectivity index (χ1) is 16.6. The van der Waals surface area contributed by atoms with E-state index in [0.29, 0.717) is 23.5 Å². The van der Waals surface area contributed by atoms with E-state index in [1.165, 1.54) is 12.1 Å². The van der Waals surface area contributed by atoms with E-state index in [2.05, 4.69) is 10.1 Å². The molecular weight excluding hydrogens is 509 g/mol. The minimum absolute atomic E-state index is 0.0856. The number of halogens is 4. The van der Waals surface area contributed by atoms with E-state index in [1.54, 1.807) is 29.7 Å². The largest absolute Gasteiger partial charge is 0.611 e. The summed E-state index contributed by atoms with van der Waals surface area (Å²) in [5, 5.41) is 12.4. The van der Waals surface area contributed by atoms with Crippen molar-refractivity contribution in [1.82, 2.24) is 10.8 Å². The lowest BCUT2D eigenvalue weighted by molar-refractivity contribution is -0.274. The number of benzene rings is 2. The van der Waals surface area contributed by atoms with Gasteiger partial charge in [-0.1, -0.05) is 11.6 Å². The van der Waals surface area contributed by atoms with Crippen molar-refractivity contribution in [1.29, 1.82) is 0 Å². The van der Waals surface area contributed by atoms with Crippen molar-refractivity contribution in [2.24, 2.45) is 5.41 Å². The number of hydrogen-bond donors (Lipinski definition) is 3. The molecule has 2 fully saturated rings. The number of ether oxygens (including phenoxy) is 2. The molecule has 2 aliphatic rings. The van der Waals surface area contributed by atoms with Crippen LogP contribution in [0.2, 0.25) is 5.02 Å². The first-order valence-corrected chi connectivity index (χ1v) is 12.5. The van der Waals surface area contributed by atoms with Crippen molar-refractivity contribution in [2.75, 3.05) is 13.1 Å². The fourth-order valence-electron chi connectivity index (χ4n) is 4.92. The van der Waals surface area contributed by atoms with Gasteiger partial charge >= 0.3 is 6.36 Å². The molecule has 1 aliphatic carbocycles. The van der Waals surface area contributed by atoms with Crippen molar-refractivity contribution in [2.45, 2.75) is 48.1 Å². The Morgan fingerprint density at radius 1 is 1.09 bits per heavy atom. The van der Waals surface area contributed by atoms with E-state index in [9.17, 15) is 27.7 Å². The summed E-state index contributed by atoms with van der Waals surface area (Å²) in [7, 11) is 0. The molecule has 190 valence electrons. The zero-order valence-electron chi connectivity index (χ0n) is 18.5. The van der Waals surface area contributed by atoms with Gasteiger partial charge < -0.3 is 19.3 Å². The Kier molecular flexibility index (Phi) is 7.44. The molecule has 1 heterocycles. The fourth-order valence-corrected chi connectivity index (χ4v) is 6.90. The maximum Gasteiger partial charge on any atom is 0.573 e. The second-order valence-corrected chi connectivity index (χ2v) is 11.0. The SMILES string of the molecule is O=C(NO)C1([S+]([O-])c2ccc(Oc3ccc(OC(F)(F)F)c(Cl)c3)cc2)CCC2(CCNCC2)C1. The first kappa shape index (κ1) is 25.9. The van der Waals surface area contributed by atoms with Gasteiger partial charge in [0.2, 0.25) is 4.75 Å². The molecule has 3 N–H and O–H groups in total. The Bertz CT molecular complexity index is 1070. The molecular formula is C23H24ClF3N2O5S. The number of rotatable bonds is 6. The summed E-state index contributed by atoms with van der Waals surface area (Å²) in [4.78, 5) is 13.1. The van der Waals surface area contributed by atoms with Gasteiger partial charge in [-0.05, 0) is 74.2 Å². The lowest BCUT2D eigenvalue weighted by Crippen LogP contribution is -2.51. The van der Waals surface area contributed by atoms with Gasteiger partial charge in [-0.2, -0.15) is 0 Å². The van der Waals surface area contributed by atoms with Crippen molar-refractivity contribution in [3.8, 4) is 17.2 Å². The second-order valence-electron chi connectivity index (χ2n) is 8.84. The third kappa shape index (κ3) is 5.64. The number of nitrogens with one attached hydrogen (secondary N) is 2. The van der Waals surface area contributed by atoms with Crippen LogP contribution in [0, 0.1) is 5.41 Å². The van der Waals surface area contributed by atoms with E-state index in [0.717, 1.165) is 38.4 Å². The summed E-state index contributed by atoms with van der Waals surface area (Å²) in [6, 6.07) is 9.72. The first-order valence-electron chi connectivity index (χ1n) is 11.0. The average Bonchev–Trinajstić information content (AvgIpc) is 3.20. The summed E-state index contributed by atoms with van der Waals surface area (Å²) < 4.78 is 59.1. The van der Waals surface area contributed by atoms with Gasteiger partial charge in [0.15, 0.2) is 4.90 Å². The Labute approximate surface area is 208 Å². The smallest absolute Gasteiger partial charge is 0.573 e. The third-order valence-corrected chi connectivity index (χ3v) is 8.90. The van der Waals surface area contributed by atoms with Gasteiger partial charge in [-0.15, -0.1) is 13.2 Å². The summed E-state index contributed by atoms with van der Waals surface area (Å²) in [5.74, 6) is -0.693. The highest BCUT2D eigenvalue weighted by atomic mass is 35.5. The predicted molar refractivity (Wildman–Crippen MR) is 122 cm³/mol. The Morgan fingerprint density at radius 2 is 1.74 bits per heavy atom. The van der Waals surface area contributed by atoms with Gasteiger partial charge in [-0.3, -0.25) is 10.0 Å². The van der Waals surface area contributed by atoms with E-state index in [4.69, 9.17) is 16.3 Å². The fraction of sp³-hybridized carbons (Fsp3) is 0.435. The van der Waals surface area contributed by atoms with Crippen molar-refractivity contribution in [3.63, 3.8) is 0 Å². The molecule has 2 atom stereocenters. The van der Waals surface area contributed by atoms with Crippen LogP contribution in [0.25, 0.3) is 0 Å². The third-order valence-electron chi connectivity index (χ3n) is 6.66. The Hall–Kier alpha value is -2.18. The lowest BCUT2D eigenvalue weighted by Gasteiger charge is -2.36. The van der Waals surface area contributed by atoms with Crippen molar-refractivity contribution < 1.29 is 37.2 Å². The summed E-state index contributed by atoms with van der Waals surface area (Å²) in [6.07, 6.45) is -1.53. The van der Waals surface area contributed by atoms with Crippen LogP contribution in [0.4, 0.5) is 13.2 Å². The molecule has 4 rings (SSSR count). The average molecular weight is 533 g/mol. The number of hydroxylamine groups is 1. The number of carbonyl (C=O) groups excluding carboxylic acids is 1. The highest BCUT2D eigenvalue weighted by Crippen LogP contribution is 2.54. The molecule has 1 saturated heterocycles. The highest BCUT2D eigenvalue weighted by Gasteiger charge is 2.60. The summed E-state index contributed by atoms with van der Waals surface area (Å²) >= 11 is 4.12. The van der Waals surface area contributed by atoms with Gasteiger partial charge in [0, 0.05) is 30.1 Å². The van der Waals surface area contributed by atoms with Crippen LogP contribution in [-0.2, 0) is 16.0 Å². The molecule has 1 amide bonds. The van der Waals surface area contributed by atoms with Crippen LogP contribution in [0.5, 0.6) is 17.2 Å². The van der Waals surface area contributed by atoms with Gasteiger partial charge in [0.05, 0.1) is 5.02 Å². The van der Waals surface area contributed by atoms with Crippen molar-refractivity contribution in [3.05, 3.63) is 47.5 Å². The number of amides is 1. The van der Waals surface area contributed by atoms with E-state index in [-0.39, 0.29) is 16.2 Å². The topological polar surface area (TPSA) is 103 Å². The van der Waals surface area contributed by atoms with E-state index < -0.39 is 33.9 Å². The Morgan fingerprint density at radius 3 is 2.34 bits per heavy atom. The molecule has 7 nitrogen and oxygen atoms in total. The van der Waals surface area contributed by atoms with Gasteiger partial charge in [0.1, 0.15) is 17.2 Å². The molecule has 12 heteroatoms. The second kappa shape index (κ2) is 10.1. The molecule has 2 unspecified atom stereocenters. The minimum atomic E-state index is -4.87. The zero-order chi connectivity index (χ0) is 25.3.